The fourth-order valence-electron chi connectivity index (χ4n) is 1.16. The van der Waals surface area contributed by atoms with Gasteiger partial charge in [0.15, 0.2) is 0 Å². The Morgan fingerprint density at radius 2 is 2.56 bits per heavy atom. The van der Waals surface area contributed by atoms with Crippen LogP contribution in [0.5, 0.6) is 0 Å². The molecule has 0 bridgehead atoms. The van der Waals surface area contributed by atoms with Crippen LogP contribution >= 0.6 is 0 Å². The van der Waals surface area contributed by atoms with Crippen molar-refractivity contribution in [2.24, 2.45) is 0 Å². The molecule has 0 radical (unpaired) electrons. The molecule has 0 aromatic carbocycles. The number of nitrogens with one attached hydrogen (secondary N) is 1. The summed E-state index contributed by atoms with van der Waals surface area (Å²) in [6.07, 6.45) is 3.02. The molecule has 0 saturated heterocycles. The maximum Gasteiger partial charge on any atom is 0.0734 e. The molecule has 2 nitrogen and oxygen atoms in total. The first-order valence-corrected chi connectivity index (χ1v) is 3.20. The van der Waals surface area contributed by atoms with E-state index in [1.807, 2.05) is 6.20 Å². The summed E-state index contributed by atoms with van der Waals surface area (Å²) in [5.74, 6) is 0. The summed E-state index contributed by atoms with van der Waals surface area (Å²) in [7, 11) is 0. The zero-order valence-electron chi connectivity index (χ0n) is 5.18. The third-order valence-electron chi connectivity index (χ3n) is 1.68. The van der Waals surface area contributed by atoms with Crippen LogP contribution in [0.3, 0.4) is 0 Å². The normalized spacial score (nSPS) is 17.3. The van der Waals surface area contributed by atoms with Crippen LogP contribution in [-0.4, -0.2) is 11.6 Å². The van der Waals surface area contributed by atoms with Gasteiger partial charge in [0, 0.05) is 18.3 Å². The van der Waals surface area contributed by atoms with E-state index >= 15 is 0 Å². The number of fused-ring (bicyclic) bond motifs is 1. The second-order valence-corrected chi connectivity index (χ2v) is 2.28. The molecule has 1 aliphatic rings. The van der Waals surface area contributed by atoms with Crippen molar-refractivity contribution < 1.29 is 4.74 Å². The molecule has 1 N–H and O–H groups in total. The van der Waals surface area contributed by atoms with Crippen LogP contribution < -0.4 is 0 Å². The minimum absolute atomic E-state index is 0.791. The van der Waals surface area contributed by atoms with Gasteiger partial charge in [0.05, 0.1) is 13.2 Å². The molecule has 1 aliphatic heterocycles. The van der Waals surface area contributed by atoms with Crippen molar-refractivity contribution in [1.82, 2.24) is 4.98 Å². The molecular weight excluding hydrogens is 114 g/mol. The van der Waals surface area contributed by atoms with Crippen molar-refractivity contribution in [2.75, 3.05) is 6.61 Å². The number of ether oxygens (including phenoxy) is 1. The van der Waals surface area contributed by atoms with Gasteiger partial charge in [-0.3, -0.25) is 0 Å². The number of hydrogen-bond acceptors (Lipinski definition) is 1. The first-order chi connectivity index (χ1) is 4.47. The van der Waals surface area contributed by atoms with Crippen LogP contribution in [0.1, 0.15) is 11.3 Å². The number of hydrogen-bond donors (Lipinski definition) is 1. The van der Waals surface area contributed by atoms with Gasteiger partial charge in [-0.25, -0.2) is 0 Å². The zero-order chi connectivity index (χ0) is 6.10. The maximum atomic E-state index is 5.23. The Morgan fingerprint density at radius 1 is 1.56 bits per heavy atom. The van der Waals surface area contributed by atoms with E-state index < -0.39 is 0 Å². The standard InChI is InChI=1S/C7H9NO/c1-3-8-7-2-4-9-5-6(1)7/h1,3,8H,2,4-5H2. The maximum absolute atomic E-state index is 5.23. The first-order valence-electron chi connectivity index (χ1n) is 3.20. The van der Waals surface area contributed by atoms with E-state index in [-0.39, 0.29) is 0 Å². The summed E-state index contributed by atoms with van der Waals surface area (Å²) >= 11 is 0. The Morgan fingerprint density at radius 3 is 3.44 bits per heavy atom. The molecule has 0 amide bonds. The summed E-state index contributed by atoms with van der Waals surface area (Å²) in [6, 6.07) is 2.08. The second-order valence-electron chi connectivity index (χ2n) is 2.28. The number of rotatable bonds is 0. The fraction of sp³-hybridized carbons (Fsp3) is 0.429. The number of aromatic nitrogens is 1. The molecule has 2 heteroatoms. The summed E-state index contributed by atoms with van der Waals surface area (Å²) < 4.78 is 5.23. The lowest BCUT2D eigenvalue weighted by Gasteiger charge is -2.10. The largest absolute Gasteiger partial charge is 0.376 e. The van der Waals surface area contributed by atoms with E-state index in [2.05, 4.69) is 11.1 Å². The molecule has 2 rings (SSSR count). The molecule has 0 unspecified atom stereocenters. The molecular formula is C7H9NO. The highest BCUT2D eigenvalue weighted by atomic mass is 16.5. The van der Waals surface area contributed by atoms with E-state index in [0.717, 1.165) is 19.6 Å². The average molecular weight is 123 g/mol. The van der Waals surface area contributed by atoms with Gasteiger partial charge >= 0.3 is 0 Å². The van der Waals surface area contributed by atoms with Gasteiger partial charge in [0.2, 0.25) is 0 Å². The van der Waals surface area contributed by atoms with Gasteiger partial charge in [-0.1, -0.05) is 0 Å². The number of H-pyrrole nitrogens is 1. The lowest BCUT2D eigenvalue weighted by molar-refractivity contribution is 0.110. The van der Waals surface area contributed by atoms with E-state index in [4.69, 9.17) is 4.74 Å². The zero-order valence-corrected chi connectivity index (χ0v) is 5.18. The van der Waals surface area contributed by atoms with Crippen molar-refractivity contribution in [2.45, 2.75) is 13.0 Å². The first kappa shape index (κ1) is 5.06. The Kier molecular flexibility index (Phi) is 1.06. The average Bonchev–Trinajstić information content (AvgIpc) is 2.33. The Hall–Kier alpha value is -0.760. The van der Waals surface area contributed by atoms with Crippen LogP contribution in [0.25, 0.3) is 0 Å². The second kappa shape index (κ2) is 1.88. The van der Waals surface area contributed by atoms with Crippen LogP contribution in [0, 0.1) is 0 Å². The highest BCUT2D eigenvalue weighted by molar-refractivity contribution is 5.20. The lowest BCUT2D eigenvalue weighted by atomic mass is 10.2. The minimum atomic E-state index is 0.791. The highest BCUT2D eigenvalue weighted by Crippen LogP contribution is 2.13. The third kappa shape index (κ3) is 0.754. The lowest BCUT2D eigenvalue weighted by Crippen LogP contribution is -2.07. The topological polar surface area (TPSA) is 25.0 Å². The van der Waals surface area contributed by atoms with Crippen LogP contribution in [0.2, 0.25) is 0 Å². The molecule has 9 heavy (non-hydrogen) atoms. The minimum Gasteiger partial charge on any atom is -0.376 e. The van der Waals surface area contributed by atoms with Gasteiger partial charge in [-0.2, -0.15) is 0 Å². The molecule has 2 heterocycles. The van der Waals surface area contributed by atoms with Crippen LogP contribution in [0.15, 0.2) is 12.3 Å². The summed E-state index contributed by atoms with van der Waals surface area (Å²) in [5, 5.41) is 0. The van der Waals surface area contributed by atoms with E-state index in [1.54, 1.807) is 0 Å². The molecule has 0 atom stereocenters. The Balaban J connectivity index is 2.39. The molecule has 0 fully saturated rings. The Labute approximate surface area is 53.8 Å². The molecule has 48 valence electrons. The smallest absolute Gasteiger partial charge is 0.0734 e. The van der Waals surface area contributed by atoms with Crippen molar-refractivity contribution in [1.29, 1.82) is 0 Å². The quantitative estimate of drug-likeness (QED) is 0.548. The summed E-state index contributed by atoms with van der Waals surface area (Å²) in [6.45, 7) is 1.66. The van der Waals surface area contributed by atoms with E-state index in [9.17, 15) is 0 Å². The van der Waals surface area contributed by atoms with Crippen molar-refractivity contribution >= 4 is 0 Å². The van der Waals surface area contributed by atoms with Crippen molar-refractivity contribution in [3.8, 4) is 0 Å². The van der Waals surface area contributed by atoms with Crippen LogP contribution in [-0.2, 0) is 17.8 Å². The molecule has 1 aromatic heterocycles. The third-order valence-corrected chi connectivity index (χ3v) is 1.68. The van der Waals surface area contributed by atoms with Gasteiger partial charge in [-0.05, 0) is 11.6 Å². The predicted molar refractivity (Wildman–Crippen MR) is 34.2 cm³/mol. The molecule has 1 aromatic rings. The monoisotopic (exact) mass is 123 g/mol. The highest BCUT2D eigenvalue weighted by Gasteiger charge is 2.07. The molecule has 0 saturated carbocycles. The SMILES string of the molecule is c1cc2c([nH]1)CCOC2. The molecule has 0 aliphatic carbocycles. The number of aromatic amines is 1. The van der Waals surface area contributed by atoms with Crippen LogP contribution in [0.4, 0.5) is 0 Å². The Bertz CT molecular complexity index is 184. The van der Waals surface area contributed by atoms with Gasteiger partial charge in [0.25, 0.3) is 0 Å². The van der Waals surface area contributed by atoms with E-state index in [0.29, 0.717) is 0 Å². The van der Waals surface area contributed by atoms with Gasteiger partial charge in [-0.15, -0.1) is 0 Å². The van der Waals surface area contributed by atoms with Gasteiger partial charge in [0.1, 0.15) is 0 Å². The van der Waals surface area contributed by atoms with E-state index in [1.165, 1.54) is 11.3 Å². The summed E-state index contributed by atoms with van der Waals surface area (Å²) in [5.41, 5.74) is 2.67. The fourth-order valence-corrected chi connectivity index (χ4v) is 1.16. The van der Waals surface area contributed by atoms with Gasteiger partial charge < -0.3 is 9.72 Å². The van der Waals surface area contributed by atoms with Crippen molar-refractivity contribution in [3.05, 3.63) is 23.5 Å². The molecule has 0 spiro atoms. The predicted octanol–water partition coefficient (Wildman–Crippen LogP) is 1.09. The summed E-state index contributed by atoms with van der Waals surface area (Å²) in [4.78, 5) is 3.18. The van der Waals surface area contributed by atoms with Crippen molar-refractivity contribution in [3.63, 3.8) is 0 Å².